The largest absolute Gasteiger partial charge is 0.396 e. The molecule has 0 aromatic carbocycles. The van der Waals surface area contributed by atoms with Crippen molar-refractivity contribution in [2.45, 2.75) is 103 Å². The molecule has 0 heterocycles. The topological polar surface area (TPSA) is 126 Å². The number of fused-ring (bicyclic) bond motifs is 5. The van der Waals surface area contributed by atoms with Crippen LogP contribution in [-0.2, 0) is 14.2 Å². The molecule has 7 nitrogen and oxygen atoms in total. The van der Waals surface area contributed by atoms with Gasteiger partial charge in [0.25, 0.3) is 0 Å². The molecule has 7 N–H and O–H groups in total. The maximum absolute atomic E-state index is 9.54. The quantitative estimate of drug-likeness (QED) is 0.249. The first kappa shape index (κ1) is 30.7. The lowest BCUT2D eigenvalue weighted by Gasteiger charge is -2.65. The molecule has 0 bridgehead atoms. The summed E-state index contributed by atoms with van der Waals surface area (Å²) in [5, 5.41) is 9.54. The van der Waals surface area contributed by atoms with Gasteiger partial charge in [0.1, 0.15) is 0 Å². The molecule has 0 amide bonds. The van der Waals surface area contributed by atoms with Crippen molar-refractivity contribution in [1.82, 2.24) is 0 Å². The molecular formula is C31H59N3O4. The van der Waals surface area contributed by atoms with Crippen molar-refractivity contribution in [3.63, 3.8) is 0 Å². The van der Waals surface area contributed by atoms with E-state index in [1.807, 2.05) is 0 Å². The minimum absolute atomic E-state index is 0.116. The van der Waals surface area contributed by atoms with Gasteiger partial charge in [-0.1, -0.05) is 20.8 Å². The number of rotatable bonds is 14. The van der Waals surface area contributed by atoms with E-state index in [1.54, 1.807) is 0 Å². The lowest BCUT2D eigenvalue weighted by molar-refractivity contribution is -0.227. The first-order chi connectivity index (χ1) is 18.3. The molecule has 0 saturated heterocycles. The molecule has 4 saturated carbocycles. The van der Waals surface area contributed by atoms with Crippen LogP contribution in [0.4, 0.5) is 0 Å². The van der Waals surface area contributed by atoms with E-state index in [0.717, 1.165) is 51.6 Å². The zero-order valence-electron chi connectivity index (χ0n) is 24.6. The standard InChI is InChI=1S/C31H59N3O4/c1-21(6-4-14-35)24-7-8-25-29-26(20-28(31(24,25)3)38-17-13-34)30(2)10-9-23(36-16-12-33)18-22(30)19-27(29)37-15-5-11-32/h21-29,35H,4-20,32-34H2,1-3H3/t21-,22?,23-,24-,25+,26+,27-,28+,29?,30?,31?/m1/s1. The molecule has 38 heavy (non-hydrogen) atoms. The Hall–Kier alpha value is -0.280. The summed E-state index contributed by atoms with van der Waals surface area (Å²) in [7, 11) is 0. The molecule has 0 radical (unpaired) electrons. The Morgan fingerprint density at radius 2 is 1.61 bits per heavy atom. The van der Waals surface area contributed by atoms with Crippen LogP contribution in [0.25, 0.3) is 0 Å². The number of hydrogen-bond donors (Lipinski definition) is 4. The molecule has 0 aromatic heterocycles. The monoisotopic (exact) mass is 537 g/mol. The Morgan fingerprint density at radius 3 is 2.32 bits per heavy atom. The van der Waals surface area contributed by atoms with Gasteiger partial charge < -0.3 is 36.5 Å². The Bertz CT molecular complexity index is 727. The van der Waals surface area contributed by atoms with Crippen molar-refractivity contribution in [2.24, 2.45) is 63.5 Å². The van der Waals surface area contributed by atoms with Crippen molar-refractivity contribution < 1.29 is 19.3 Å². The molecular weight excluding hydrogens is 478 g/mol. The van der Waals surface area contributed by atoms with Gasteiger partial charge >= 0.3 is 0 Å². The molecule has 0 aromatic rings. The van der Waals surface area contributed by atoms with Gasteiger partial charge in [0, 0.05) is 31.7 Å². The van der Waals surface area contributed by atoms with E-state index in [2.05, 4.69) is 20.8 Å². The number of nitrogens with two attached hydrogens (primary N) is 3. The fourth-order valence-corrected chi connectivity index (χ4v) is 10.0. The number of ether oxygens (including phenoxy) is 3. The van der Waals surface area contributed by atoms with Crippen LogP contribution in [0.1, 0.15) is 85.0 Å². The molecule has 4 rings (SSSR count). The van der Waals surface area contributed by atoms with Crippen LogP contribution < -0.4 is 17.2 Å². The first-order valence-corrected chi connectivity index (χ1v) is 15.9. The second-order valence-electron chi connectivity index (χ2n) is 13.6. The second kappa shape index (κ2) is 13.6. The van der Waals surface area contributed by atoms with E-state index in [0.29, 0.717) is 74.5 Å². The number of hydrogen-bond acceptors (Lipinski definition) is 7. The lowest BCUT2D eigenvalue weighted by atomic mass is 9.43. The molecule has 0 spiro atoms. The number of aliphatic hydroxyl groups is 1. The Labute approximate surface area is 232 Å². The third-order valence-electron chi connectivity index (χ3n) is 11.8. The van der Waals surface area contributed by atoms with Crippen molar-refractivity contribution in [3.05, 3.63) is 0 Å². The van der Waals surface area contributed by atoms with Crippen LogP contribution in [0, 0.1) is 46.3 Å². The summed E-state index contributed by atoms with van der Waals surface area (Å²) < 4.78 is 19.7. The van der Waals surface area contributed by atoms with Crippen LogP contribution >= 0.6 is 0 Å². The third-order valence-corrected chi connectivity index (χ3v) is 11.8. The highest BCUT2D eigenvalue weighted by Crippen LogP contribution is 2.69. The van der Waals surface area contributed by atoms with E-state index in [-0.39, 0.29) is 29.6 Å². The highest BCUT2D eigenvalue weighted by Gasteiger charge is 2.66. The van der Waals surface area contributed by atoms with Gasteiger partial charge in [-0.05, 0) is 112 Å². The van der Waals surface area contributed by atoms with E-state index in [1.165, 1.54) is 19.3 Å². The van der Waals surface area contributed by atoms with E-state index in [4.69, 9.17) is 31.4 Å². The van der Waals surface area contributed by atoms with Gasteiger partial charge in [0.05, 0.1) is 31.5 Å². The van der Waals surface area contributed by atoms with Gasteiger partial charge in [-0.2, -0.15) is 0 Å². The summed E-state index contributed by atoms with van der Waals surface area (Å²) in [5.74, 6) is 3.54. The van der Waals surface area contributed by atoms with Gasteiger partial charge in [-0.25, -0.2) is 0 Å². The summed E-state index contributed by atoms with van der Waals surface area (Å²) >= 11 is 0. The average molecular weight is 538 g/mol. The Kier molecular flexibility index (Phi) is 11.0. The average Bonchev–Trinajstić information content (AvgIpc) is 3.27. The third kappa shape index (κ3) is 5.86. The number of aliphatic hydroxyl groups excluding tert-OH is 1. The van der Waals surface area contributed by atoms with Crippen LogP contribution in [0.5, 0.6) is 0 Å². The Morgan fingerprint density at radius 1 is 0.842 bits per heavy atom. The minimum Gasteiger partial charge on any atom is -0.396 e. The molecule has 0 aliphatic heterocycles. The summed E-state index contributed by atoms with van der Waals surface area (Å²) in [5.41, 5.74) is 18.0. The fraction of sp³-hybridized carbons (Fsp3) is 1.00. The van der Waals surface area contributed by atoms with E-state index in [9.17, 15) is 5.11 Å². The minimum atomic E-state index is 0.116. The van der Waals surface area contributed by atoms with Crippen molar-refractivity contribution in [1.29, 1.82) is 0 Å². The summed E-state index contributed by atoms with van der Waals surface area (Å²) in [6.07, 6.45) is 11.9. The molecule has 7 heteroatoms. The van der Waals surface area contributed by atoms with Gasteiger partial charge in [-0.15, -0.1) is 0 Å². The van der Waals surface area contributed by atoms with Crippen molar-refractivity contribution >= 4 is 0 Å². The zero-order valence-corrected chi connectivity index (χ0v) is 24.6. The van der Waals surface area contributed by atoms with Crippen LogP contribution in [0.3, 0.4) is 0 Å². The normalized spacial score (nSPS) is 43.3. The smallest absolute Gasteiger partial charge is 0.0637 e. The van der Waals surface area contributed by atoms with Crippen molar-refractivity contribution in [3.8, 4) is 0 Å². The van der Waals surface area contributed by atoms with Gasteiger partial charge in [0.2, 0.25) is 0 Å². The predicted octanol–water partition coefficient (Wildman–Crippen LogP) is 3.70. The van der Waals surface area contributed by atoms with Crippen LogP contribution in [-0.4, -0.2) is 69.5 Å². The van der Waals surface area contributed by atoms with Crippen molar-refractivity contribution in [2.75, 3.05) is 46.1 Å². The summed E-state index contributed by atoms with van der Waals surface area (Å²) in [6, 6.07) is 0. The maximum atomic E-state index is 9.54. The molecule has 4 aliphatic carbocycles. The summed E-state index contributed by atoms with van der Waals surface area (Å²) in [6.45, 7) is 11.7. The van der Waals surface area contributed by atoms with E-state index < -0.39 is 0 Å². The molecule has 222 valence electrons. The molecule has 4 aliphatic rings. The molecule has 4 unspecified atom stereocenters. The maximum Gasteiger partial charge on any atom is 0.0637 e. The zero-order chi connectivity index (χ0) is 27.3. The van der Waals surface area contributed by atoms with Gasteiger partial charge in [0.15, 0.2) is 0 Å². The lowest BCUT2D eigenvalue weighted by Crippen LogP contribution is -2.63. The summed E-state index contributed by atoms with van der Waals surface area (Å²) in [4.78, 5) is 0. The molecule has 11 atom stereocenters. The first-order valence-electron chi connectivity index (χ1n) is 15.9. The van der Waals surface area contributed by atoms with Crippen LogP contribution in [0.15, 0.2) is 0 Å². The highest BCUT2D eigenvalue weighted by atomic mass is 16.5. The highest BCUT2D eigenvalue weighted by molar-refractivity contribution is 5.15. The SMILES string of the molecule is C[C@H](CCCO)[C@H]1CC[C@H]2C3[C@H](OCCCN)CC4C[C@H](OCCN)CCC4(C)[C@H]3C[C@H](OCCN)C12C. The second-order valence-corrected chi connectivity index (χ2v) is 13.6. The molecule has 4 fully saturated rings. The van der Waals surface area contributed by atoms with Crippen LogP contribution in [0.2, 0.25) is 0 Å². The van der Waals surface area contributed by atoms with E-state index >= 15 is 0 Å². The predicted molar refractivity (Wildman–Crippen MR) is 152 cm³/mol. The fourth-order valence-electron chi connectivity index (χ4n) is 10.0. The Balaban J connectivity index is 1.66. The van der Waals surface area contributed by atoms with Gasteiger partial charge in [-0.3, -0.25) is 0 Å².